The number of rotatable bonds is 1. The number of hydrogen-bond donors (Lipinski definition) is 0. The van der Waals surface area contributed by atoms with E-state index in [4.69, 9.17) is 16.6 Å². The van der Waals surface area contributed by atoms with Crippen LogP contribution in [0.2, 0.25) is 5.02 Å². The minimum Gasteiger partial charge on any atom is -0.327 e. The number of benzene rings is 1. The van der Waals surface area contributed by atoms with Crippen molar-refractivity contribution in [3.8, 4) is 0 Å². The zero-order valence-corrected chi connectivity index (χ0v) is 11.4. The van der Waals surface area contributed by atoms with Crippen LogP contribution < -0.4 is 0 Å². The molecule has 0 fully saturated rings. The third-order valence-corrected chi connectivity index (χ3v) is 3.78. The van der Waals surface area contributed by atoms with E-state index in [1.165, 1.54) is 5.57 Å². The van der Waals surface area contributed by atoms with Crippen molar-refractivity contribution in [3.05, 3.63) is 35.1 Å². The normalized spacial score (nSPS) is 17.2. The predicted octanol–water partition coefficient (Wildman–Crippen LogP) is 2.95. The van der Waals surface area contributed by atoms with Crippen LogP contribution in [0.15, 0.2) is 24.3 Å². The summed E-state index contributed by atoms with van der Waals surface area (Å²) in [4.78, 5) is 7.03. The second kappa shape index (κ2) is 4.41. The number of likely N-dealkylation sites (N-methyl/N-ethyl adjacent to an activating group) is 1. The van der Waals surface area contributed by atoms with Crippen LogP contribution in [0.25, 0.3) is 16.6 Å². The molecule has 0 atom stereocenters. The highest BCUT2D eigenvalue weighted by atomic mass is 35.5. The topological polar surface area (TPSA) is 21.1 Å². The summed E-state index contributed by atoms with van der Waals surface area (Å²) in [6, 6.07) is 5.85. The zero-order chi connectivity index (χ0) is 12.7. The molecule has 0 saturated carbocycles. The largest absolute Gasteiger partial charge is 0.327 e. The van der Waals surface area contributed by atoms with E-state index in [-0.39, 0.29) is 0 Å². The van der Waals surface area contributed by atoms with Crippen LogP contribution >= 0.6 is 11.6 Å². The molecule has 0 radical (unpaired) electrons. The fraction of sp³-hybridized carbons (Fsp3) is 0.357. The second-order valence-corrected chi connectivity index (χ2v) is 5.31. The number of fused-ring (bicyclic) bond motifs is 1. The highest BCUT2D eigenvalue weighted by molar-refractivity contribution is 6.31. The summed E-state index contributed by atoms with van der Waals surface area (Å²) in [6.45, 7) is 2.09. The Balaban J connectivity index is 2.10. The Bertz CT molecular complexity index is 627. The first-order valence-electron chi connectivity index (χ1n) is 6.15. The third kappa shape index (κ3) is 1.93. The molecule has 0 spiro atoms. The van der Waals surface area contributed by atoms with Crippen molar-refractivity contribution in [1.29, 1.82) is 0 Å². The SMILES string of the molecule is CN1CC=C(c2nc3ccc(Cl)cc3n2C)CC1. The summed E-state index contributed by atoms with van der Waals surface area (Å²) in [7, 11) is 4.20. The van der Waals surface area contributed by atoms with Gasteiger partial charge in [0.25, 0.3) is 0 Å². The number of halogens is 1. The molecule has 0 saturated heterocycles. The third-order valence-electron chi connectivity index (χ3n) is 3.54. The molecule has 4 heteroatoms. The smallest absolute Gasteiger partial charge is 0.136 e. The van der Waals surface area contributed by atoms with Gasteiger partial charge in [0, 0.05) is 25.2 Å². The van der Waals surface area contributed by atoms with Crippen molar-refractivity contribution in [1.82, 2.24) is 14.5 Å². The molecule has 1 aromatic heterocycles. The minimum atomic E-state index is 0.759. The average molecular weight is 262 g/mol. The number of nitrogens with zero attached hydrogens (tertiary/aromatic N) is 3. The Morgan fingerprint density at radius 2 is 2.11 bits per heavy atom. The number of aromatic nitrogens is 2. The Kier molecular flexibility index (Phi) is 2.88. The fourth-order valence-corrected chi connectivity index (χ4v) is 2.59. The first-order valence-corrected chi connectivity index (χ1v) is 6.53. The van der Waals surface area contributed by atoms with E-state index >= 15 is 0 Å². The van der Waals surface area contributed by atoms with Gasteiger partial charge in [-0.05, 0) is 37.2 Å². The molecule has 0 bridgehead atoms. The van der Waals surface area contributed by atoms with Gasteiger partial charge in [-0.1, -0.05) is 17.7 Å². The van der Waals surface area contributed by atoms with Gasteiger partial charge in [0.15, 0.2) is 0 Å². The Morgan fingerprint density at radius 1 is 1.28 bits per heavy atom. The van der Waals surface area contributed by atoms with Gasteiger partial charge in [-0.15, -0.1) is 0 Å². The Labute approximate surface area is 112 Å². The van der Waals surface area contributed by atoms with Crippen molar-refractivity contribution in [2.75, 3.05) is 20.1 Å². The maximum absolute atomic E-state index is 6.04. The van der Waals surface area contributed by atoms with Crippen molar-refractivity contribution in [2.24, 2.45) is 7.05 Å². The summed E-state index contributed by atoms with van der Waals surface area (Å²) >= 11 is 6.04. The zero-order valence-electron chi connectivity index (χ0n) is 10.7. The van der Waals surface area contributed by atoms with Gasteiger partial charge in [-0.25, -0.2) is 4.98 Å². The average Bonchev–Trinajstić information content (AvgIpc) is 2.68. The standard InChI is InChI=1S/C14H16ClN3/c1-17-7-5-10(6-8-17)14-16-12-4-3-11(15)9-13(12)18(14)2/h3-5,9H,6-8H2,1-2H3. The van der Waals surface area contributed by atoms with Gasteiger partial charge >= 0.3 is 0 Å². The van der Waals surface area contributed by atoms with Crippen LogP contribution in [0.1, 0.15) is 12.2 Å². The monoisotopic (exact) mass is 261 g/mol. The van der Waals surface area contributed by atoms with Crippen molar-refractivity contribution >= 4 is 28.2 Å². The summed E-state index contributed by atoms with van der Waals surface area (Å²) in [6.07, 6.45) is 3.33. The van der Waals surface area contributed by atoms with Crippen molar-refractivity contribution < 1.29 is 0 Å². The molecule has 0 aliphatic carbocycles. The molecule has 2 aromatic rings. The van der Waals surface area contributed by atoms with Gasteiger partial charge in [-0.3, -0.25) is 0 Å². The summed E-state index contributed by atoms with van der Waals surface area (Å²) in [5.41, 5.74) is 3.44. The summed E-state index contributed by atoms with van der Waals surface area (Å²) in [5.74, 6) is 1.07. The number of hydrogen-bond acceptors (Lipinski definition) is 2. The van der Waals surface area contributed by atoms with Crippen LogP contribution in [0.3, 0.4) is 0 Å². The van der Waals surface area contributed by atoms with E-state index in [2.05, 4.69) is 29.6 Å². The molecule has 1 aliphatic heterocycles. The Morgan fingerprint density at radius 3 is 2.83 bits per heavy atom. The molecule has 94 valence electrons. The van der Waals surface area contributed by atoms with E-state index in [0.29, 0.717) is 0 Å². The number of aryl methyl sites for hydroxylation is 1. The summed E-state index contributed by atoms with van der Waals surface area (Å²) < 4.78 is 2.14. The molecule has 3 nitrogen and oxygen atoms in total. The maximum atomic E-state index is 6.04. The number of imidazole rings is 1. The molecule has 0 unspecified atom stereocenters. The first kappa shape index (κ1) is 11.8. The second-order valence-electron chi connectivity index (χ2n) is 4.87. The van der Waals surface area contributed by atoms with Crippen LogP contribution in [0.4, 0.5) is 0 Å². The van der Waals surface area contributed by atoms with E-state index in [1.54, 1.807) is 0 Å². The van der Waals surface area contributed by atoms with Gasteiger partial charge in [0.2, 0.25) is 0 Å². The van der Waals surface area contributed by atoms with Crippen LogP contribution in [0, 0.1) is 0 Å². The van der Waals surface area contributed by atoms with Crippen LogP contribution in [0.5, 0.6) is 0 Å². The highest BCUT2D eigenvalue weighted by Crippen LogP contribution is 2.26. The van der Waals surface area contributed by atoms with E-state index < -0.39 is 0 Å². The molecule has 1 aliphatic rings. The van der Waals surface area contributed by atoms with Crippen LogP contribution in [-0.2, 0) is 7.05 Å². The van der Waals surface area contributed by atoms with Crippen molar-refractivity contribution in [3.63, 3.8) is 0 Å². The lowest BCUT2D eigenvalue weighted by atomic mass is 10.1. The van der Waals surface area contributed by atoms with E-state index in [9.17, 15) is 0 Å². The lowest BCUT2D eigenvalue weighted by molar-refractivity contribution is 0.369. The van der Waals surface area contributed by atoms with Crippen molar-refractivity contribution in [2.45, 2.75) is 6.42 Å². The molecular formula is C14H16ClN3. The highest BCUT2D eigenvalue weighted by Gasteiger charge is 2.15. The maximum Gasteiger partial charge on any atom is 0.136 e. The molecule has 0 amide bonds. The lowest BCUT2D eigenvalue weighted by Gasteiger charge is -2.21. The van der Waals surface area contributed by atoms with Gasteiger partial charge in [0.05, 0.1) is 11.0 Å². The molecule has 0 N–H and O–H groups in total. The van der Waals surface area contributed by atoms with E-state index in [1.807, 2.05) is 18.2 Å². The first-order chi connectivity index (χ1) is 8.65. The van der Waals surface area contributed by atoms with Gasteiger partial charge < -0.3 is 9.47 Å². The molecule has 3 rings (SSSR count). The molecule has 18 heavy (non-hydrogen) atoms. The minimum absolute atomic E-state index is 0.759. The molecule has 2 heterocycles. The molecule has 1 aromatic carbocycles. The predicted molar refractivity (Wildman–Crippen MR) is 75.8 cm³/mol. The van der Waals surface area contributed by atoms with Gasteiger partial charge in [-0.2, -0.15) is 0 Å². The molecular weight excluding hydrogens is 246 g/mol. The quantitative estimate of drug-likeness (QED) is 0.787. The van der Waals surface area contributed by atoms with Crippen LogP contribution in [-0.4, -0.2) is 34.6 Å². The fourth-order valence-electron chi connectivity index (χ4n) is 2.42. The lowest BCUT2D eigenvalue weighted by Crippen LogP contribution is -2.24. The summed E-state index contributed by atoms with van der Waals surface area (Å²) in [5, 5.41) is 0.759. The van der Waals surface area contributed by atoms with Gasteiger partial charge in [0.1, 0.15) is 5.82 Å². The Hall–Kier alpha value is -1.32. The van der Waals surface area contributed by atoms with E-state index in [0.717, 1.165) is 41.4 Å².